The molecular formula is C22H27N5O4S. The lowest BCUT2D eigenvalue weighted by atomic mass is 10.1. The Bertz CT molecular complexity index is 988. The number of ether oxygens (including phenoxy) is 1. The van der Waals surface area contributed by atoms with E-state index >= 15 is 0 Å². The highest BCUT2D eigenvalue weighted by molar-refractivity contribution is 7.15. The minimum atomic E-state index is -0.349. The van der Waals surface area contributed by atoms with E-state index < -0.39 is 0 Å². The van der Waals surface area contributed by atoms with Crippen LogP contribution in [0, 0.1) is 5.92 Å². The highest BCUT2D eigenvalue weighted by Crippen LogP contribution is 2.30. The van der Waals surface area contributed by atoms with Crippen LogP contribution in [0.5, 0.6) is 5.75 Å². The topological polar surface area (TPSA) is 114 Å². The number of rotatable bonds is 8. The minimum Gasteiger partial charge on any atom is -0.497 e. The fourth-order valence-electron chi connectivity index (χ4n) is 4.24. The summed E-state index contributed by atoms with van der Waals surface area (Å²) in [6.07, 6.45) is 5.13. The normalized spacial score (nSPS) is 18.7. The van der Waals surface area contributed by atoms with Crippen molar-refractivity contribution in [3.63, 3.8) is 0 Å². The standard InChI is InChI=1S/C22H27N5O4S/c1-31-17-8-4-5-14(11-17)20(29)23-10-9-18-25-26-22(32-18)24-21(30)15-12-19(28)27(13-15)16-6-2-3-7-16/h4-5,8,11,15-16H,2-3,6-7,9-10,12-13H2,1H3,(H,23,29)(H,24,26,30). The molecule has 1 aromatic heterocycles. The smallest absolute Gasteiger partial charge is 0.251 e. The van der Waals surface area contributed by atoms with Crippen LogP contribution < -0.4 is 15.4 Å². The second-order valence-corrected chi connectivity index (χ2v) is 9.18. The lowest BCUT2D eigenvalue weighted by Crippen LogP contribution is -2.35. The Morgan fingerprint density at radius 2 is 2.06 bits per heavy atom. The van der Waals surface area contributed by atoms with E-state index in [1.54, 1.807) is 31.4 Å². The van der Waals surface area contributed by atoms with E-state index in [0.29, 0.717) is 47.0 Å². The van der Waals surface area contributed by atoms with Gasteiger partial charge in [-0.3, -0.25) is 14.4 Å². The number of carbonyl (C=O) groups excluding carboxylic acids is 3. The van der Waals surface area contributed by atoms with Gasteiger partial charge in [0.15, 0.2) is 0 Å². The predicted octanol–water partition coefficient (Wildman–Crippen LogP) is 2.25. The summed E-state index contributed by atoms with van der Waals surface area (Å²) in [4.78, 5) is 39.1. The average molecular weight is 458 g/mol. The van der Waals surface area contributed by atoms with Gasteiger partial charge in [-0.05, 0) is 31.0 Å². The first kappa shape index (κ1) is 22.2. The fourth-order valence-corrected chi connectivity index (χ4v) is 4.98. The van der Waals surface area contributed by atoms with Crippen LogP contribution in [-0.2, 0) is 16.0 Å². The Labute approximate surface area is 190 Å². The number of hydrogen-bond donors (Lipinski definition) is 2. The number of methoxy groups -OCH3 is 1. The maximum Gasteiger partial charge on any atom is 0.251 e. The number of likely N-dealkylation sites (tertiary alicyclic amines) is 1. The van der Waals surface area contributed by atoms with E-state index in [-0.39, 0.29) is 30.1 Å². The van der Waals surface area contributed by atoms with Crippen molar-refractivity contribution in [1.82, 2.24) is 20.4 Å². The molecule has 0 radical (unpaired) electrons. The number of nitrogens with zero attached hydrogens (tertiary/aromatic N) is 3. The molecular weight excluding hydrogens is 430 g/mol. The maximum absolute atomic E-state index is 12.6. The second kappa shape index (κ2) is 10.1. The van der Waals surface area contributed by atoms with Gasteiger partial charge >= 0.3 is 0 Å². The van der Waals surface area contributed by atoms with Crippen molar-refractivity contribution in [3.05, 3.63) is 34.8 Å². The average Bonchev–Trinajstić information content (AvgIpc) is 3.55. The van der Waals surface area contributed by atoms with Crippen molar-refractivity contribution in [1.29, 1.82) is 0 Å². The second-order valence-electron chi connectivity index (χ2n) is 8.11. The van der Waals surface area contributed by atoms with Crippen LogP contribution in [0.15, 0.2) is 24.3 Å². The van der Waals surface area contributed by atoms with Crippen molar-refractivity contribution in [3.8, 4) is 5.75 Å². The van der Waals surface area contributed by atoms with Crippen molar-refractivity contribution in [2.24, 2.45) is 5.92 Å². The van der Waals surface area contributed by atoms with Gasteiger partial charge in [0.1, 0.15) is 10.8 Å². The third-order valence-corrected chi connectivity index (χ3v) is 6.85. The molecule has 32 heavy (non-hydrogen) atoms. The molecule has 4 rings (SSSR count). The molecule has 2 heterocycles. The number of nitrogens with one attached hydrogen (secondary N) is 2. The van der Waals surface area contributed by atoms with Crippen LogP contribution in [0.1, 0.15) is 47.5 Å². The van der Waals surface area contributed by atoms with Gasteiger partial charge in [0.2, 0.25) is 16.9 Å². The Balaban J connectivity index is 1.23. The van der Waals surface area contributed by atoms with Crippen molar-refractivity contribution >= 4 is 34.2 Å². The summed E-state index contributed by atoms with van der Waals surface area (Å²) in [5.41, 5.74) is 0.521. The summed E-state index contributed by atoms with van der Waals surface area (Å²) in [5.74, 6) is -0.0376. The van der Waals surface area contributed by atoms with Crippen molar-refractivity contribution in [2.75, 3.05) is 25.5 Å². The van der Waals surface area contributed by atoms with E-state index in [2.05, 4.69) is 20.8 Å². The Morgan fingerprint density at radius 3 is 2.84 bits per heavy atom. The van der Waals surface area contributed by atoms with Gasteiger partial charge in [-0.15, -0.1) is 10.2 Å². The molecule has 1 unspecified atom stereocenters. The number of carbonyl (C=O) groups is 3. The molecule has 1 aliphatic heterocycles. The molecule has 2 aromatic rings. The zero-order valence-corrected chi connectivity index (χ0v) is 18.8. The van der Waals surface area contributed by atoms with Gasteiger partial charge in [0.05, 0.1) is 13.0 Å². The number of amides is 3. The number of hydrogen-bond acceptors (Lipinski definition) is 7. The first-order valence-electron chi connectivity index (χ1n) is 10.9. The quantitative estimate of drug-likeness (QED) is 0.629. The van der Waals surface area contributed by atoms with Gasteiger partial charge in [-0.1, -0.05) is 30.2 Å². The van der Waals surface area contributed by atoms with Crippen LogP contribution >= 0.6 is 11.3 Å². The number of anilines is 1. The van der Waals surface area contributed by atoms with Crippen LogP contribution in [0.25, 0.3) is 0 Å². The summed E-state index contributed by atoms with van der Waals surface area (Å²) >= 11 is 1.28. The highest BCUT2D eigenvalue weighted by atomic mass is 32.1. The van der Waals surface area contributed by atoms with E-state index in [0.717, 1.165) is 25.7 Å². The Morgan fingerprint density at radius 1 is 1.25 bits per heavy atom. The molecule has 1 saturated carbocycles. The zero-order valence-electron chi connectivity index (χ0n) is 18.0. The van der Waals surface area contributed by atoms with Gasteiger partial charge in [-0.25, -0.2) is 0 Å². The Hall–Kier alpha value is -3.01. The maximum atomic E-state index is 12.6. The fraction of sp³-hybridized carbons (Fsp3) is 0.500. The first-order valence-corrected chi connectivity index (χ1v) is 11.7. The molecule has 10 heteroatoms. The molecule has 1 saturated heterocycles. The molecule has 2 N–H and O–H groups in total. The largest absolute Gasteiger partial charge is 0.497 e. The highest BCUT2D eigenvalue weighted by Gasteiger charge is 2.38. The van der Waals surface area contributed by atoms with Crippen LogP contribution in [0.4, 0.5) is 5.13 Å². The molecule has 1 aromatic carbocycles. The van der Waals surface area contributed by atoms with Gasteiger partial charge in [0, 0.05) is 37.5 Å². The summed E-state index contributed by atoms with van der Waals surface area (Å²) in [6.45, 7) is 0.878. The zero-order chi connectivity index (χ0) is 22.5. The molecule has 3 amide bonds. The van der Waals surface area contributed by atoms with Crippen molar-refractivity contribution in [2.45, 2.75) is 44.6 Å². The van der Waals surface area contributed by atoms with E-state index in [1.165, 1.54) is 11.3 Å². The minimum absolute atomic E-state index is 0.0711. The SMILES string of the molecule is COc1cccc(C(=O)NCCc2nnc(NC(=O)C3CC(=O)N(C4CCCC4)C3)s2)c1. The van der Waals surface area contributed by atoms with Gasteiger partial charge in [0.25, 0.3) is 5.91 Å². The Kier molecular flexibility index (Phi) is 6.99. The molecule has 0 spiro atoms. The monoisotopic (exact) mass is 457 g/mol. The molecule has 2 aliphatic rings. The van der Waals surface area contributed by atoms with Crippen LogP contribution in [-0.4, -0.2) is 59.1 Å². The van der Waals surface area contributed by atoms with Gasteiger partial charge < -0.3 is 20.3 Å². The third kappa shape index (κ3) is 5.24. The lowest BCUT2D eigenvalue weighted by molar-refractivity contribution is -0.129. The molecule has 9 nitrogen and oxygen atoms in total. The molecule has 1 atom stereocenters. The van der Waals surface area contributed by atoms with Crippen LogP contribution in [0.3, 0.4) is 0 Å². The number of benzene rings is 1. The van der Waals surface area contributed by atoms with Crippen LogP contribution in [0.2, 0.25) is 0 Å². The lowest BCUT2D eigenvalue weighted by Gasteiger charge is -2.23. The summed E-state index contributed by atoms with van der Waals surface area (Å²) in [7, 11) is 1.55. The van der Waals surface area contributed by atoms with E-state index in [4.69, 9.17) is 4.74 Å². The molecule has 1 aliphatic carbocycles. The molecule has 170 valence electrons. The van der Waals surface area contributed by atoms with Gasteiger partial charge in [-0.2, -0.15) is 0 Å². The predicted molar refractivity (Wildman–Crippen MR) is 120 cm³/mol. The summed E-state index contributed by atoms with van der Waals surface area (Å²) < 4.78 is 5.14. The van der Waals surface area contributed by atoms with E-state index in [1.807, 2.05) is 4.90 Å². The number of aromatic nitrogens is 2. The summed E-state index contributed by atoms with van der Waals surface area (Å²) in [5, 5.41) is 14.9. The molecule has 0 bridgehead atoms. The van der Waals surface area contributed by atoms with E-state index in [9.17, 15) is 14.4 Å². The summed E-state index contributed by atoms with van der Waals surface area (Å²) in [6, 6.07) is 7.23. The third-order valence-electron chi connectivity index (χ3n) is 5.95. The van der Waals surface area contributed by atoms with Crippen molar-refractivity contribution < 1.29 is 19.1 Å². The molecule has 2 fully saturated rings. The first-order chi connectivity index (χ1) is 15.5.